The molecule has 14 heavy (non-hydrogen) atoms. The summed E-state index contributed by atoms with van der Waals surface area (Å²) in [7, 11) is 0. The number of hydrogen-bond donors (Lipinski definition) is 1. The van der Waals surface area contributed by atoms with Crippen molar-refractivity contribution in [1.29, 1.82) is 0 Å². The van der Waals surface area contributed by atoms with Gasteiger partial charge in [-0.05, 0) is 31.4 Å². The van der Waals surface area contributed by atoms with Crippen LogP contribution in [0.2, 0.25) is 0 Å². The topological polar surface area (TPSA) is 42.0 Å². The average Bonchev–Trinajstić information content (AvgIpc) is 2.47. The molecule has 1 aromatic rings. The number of rotatable bonds is 1. The van der Waals surface area contributed by atoms with Crippen molar-refractivity contribution >= 4 is 5.91 Å². The summed E-state index contributed by atoms with van der Waals surface area (Å²) in [6.45, 7) is 3.55. The SMILES string of the molecule is CC(=O)NC1CCc2nc(C)ccc21. The van der Waals surface area contributed by atoms with Crippen LogP contribution in [0.15, 0.2) is 12.1 Å². The first-order chi connectivity index (χ1) is 6.66. The predicted octanol–water partition coefficient (Wildman–Crippen LogP) is 1.51. The molecule has 1 aliphatic carbocycles. The smallest absolute Gasteiger partial charge is 0.217 e. The first kappa shape index (κ1) is 9.19. The van der Waals surface area contributed by atoms with Gasteiger partial charge in [0.25, 0.3) is 0 Å². The minimum atomic E-state index is 0.0309. The summed E-state index contributed by atoms with van der Waals surface area (Å²) in [5.41, 5.74) is 3.38. The van der Waals surface area contributed by atoms with Crippen LogP contribution in [0.4, 0.5) is 0 Å². The molecule has 3 heteroatoms. The van der Waals surface area contributed by atoms with Crippen LogP contribution in [0.3, 0.4) is 0 Å². The molecule has 1 unspecified atom stereocenters. The zero-order valence-corrected chi connectivity index (χ0v) is 8.50. The Kier molecular flexibility index (Phi) is 2.23. The number of carbonyl (C=O) groups excluding carboxylic acids is 1. The van der Waals surface area contributed by atoms with E-state index in [-0.39, 0.29) is 11.9 Å². The predicted molar refractivity (Wildman–Crippen MR) is 53.9 cm³/mol. The summed E-state index contributed by atoms with van der Waals surface area (Å²) < 4.78 is 0. The maximum Gasteiger partial charge on any atom is 0.217 e. The van der Waals surface area contributed by atoms with E-state index in [0.717, 1.165) is 24.2 Å². The van der Waals surface area contributed by atoms with Crippen molar-refractivity contribution in [1.82, 2.24) is 10.3 Å². The van der Waals surface area contributed by atoms with E-state index < -0.39 is 0 Å². The summed E-state index contributed by atoms with van der Waals surface area (Å²) in [6.07, 6.45) is 1.95. The second-order valence-electron chi connectivity index (χ2n) is 3.78. The minimum absolute atomic E-state index is 0.0309. The van der Waals surface area contributed by atoms with Crippen molar-refractivity contribution < 1.29 is 4.79 Å². The number of amides is 1. The number of carbonyl (C=O) groups is 1. The van der Waals surface area contributed by atoms with Crippen molar-refractivity contribution in [3.05, 3.63) is 29.1 Å². The molecule has 0 bridgehead atoms. The number of pyridine rings is 1. The van der Waals surface area contributed by atoms with E-state index in [0.29, 0.717) is 0 Å². The second-order valence-corrected chi connectivity index (χ2v) is 3.78. The molecule has 3 nitrogen and oxygen atoms in total. The van der Waals surface area contributed by atoms with Gasteiger partial charge in [-0.2, -0.15) is 0 Å². The number of nitrogens with zero attached hydrogens (tertiary/aromatic N) is 1. The Morgan fingerprint density at radius 2 is 2.36 bits per heavy atom. The molecule has 0 aliphatic heterocycles. The lowest BCUT2D eigenvalue weighted by Crippen LogP contribution is -2.24. The third kappa shape index (κ3) is 1.62. The van der Waals surface area contributed by atoms with Crippen LogP contribution < -0.4 is 5.32 Å². The van der Waals surface area contributed by atoms with Gasteiger partial charge in [0.15, 0.2) is 0 Å². The van der Waals surface area contributed by atoms with Crippen molar-refractivity contribution in [3.8, 4) is 0 Å². The highest BCUT2D eigenvalue weighted by Gasteiger charge is 2.23. The lowest BCUT2D eigenvalue weighted by Gasteiger charge is -2.11. The number of aryl methyl sites for hydroxylation is 2. The van der Waals surface area contributed by atoms with Gasteiger partial charge in [0.05, 0.1) is 6.04 Å². The molecule has 1 amide bonds. The molecule has 0 spiro atoms. The molecule has 0 fully saturated rings. The molecule has 1 heterocycles. The lowest BCUT2D eigenvalue weighted by atomic mass is 10.1. The fraction of sp³-hybridized carbons (Fsp3) is 0.455. The Hall–Kier alpha value is -1.38. The summed E-state index contributed by atoms with van der Waals surface area (Å²) in [5.74, 6) is 0.0309. The summed E-state index contributed by atoms with van der Waals surface area (Å²) in [5, 5.41) is 2.94. The highest BCUT2D eigenvalue weighted by Crippen LogP contribution is 2.29. The van der Waals surface area contributed by atoms with Crippen LogP contribution in [0.25, 0.3) is 0 Å². The highest BCUT2D eigenvalue weighted by molar-refractivity contribution is 5.73. The average molecular weight is 190 g/mol. The Morgan fingerprint density at radius 3 is 3.07 bits per heavy atom. The van der Waals surface area contributed by atoms with Gasteiger partial charge in [-0.25, -0.2) is 0 Å². The zero-order chi connectivity index (χ0) is 10.1. The van der Waals surface area contributed by atoms with E-state index in [1.54, 1.807) is 6.92 Å². The van der Waals surface area contributed by atoms with E-state index >= 15 is 0 Å². The van der Waals surface area contributed by atoms with Crippen LogP contribution in [-0.4, -0.2) is 10.9 Å². The number of fused-ring (bicyclic) bond motifs is 1. The minimum Gasteiger partial charge on any atom is -0.349 e. The molecule has 0 aromatic carbocycles. The largest absolute Gasteiger partial charge is 0.349 e. The highest BCUT2D eigenvalue weighted by atomic mass is 16.1. The Morgan fingerprint density at radius 1 is 1.57 bits per heavy atom. The normalized spacial score (nSPS) is 19.1. The van der Waals surface area contributed by atoms with Crippen LogP contribution in [0.1, 0.15) is 36.3 Å². The molecule has 74 valence electrons. The van der Waals surface area contributed by atoms with Gasteiger partial charge in [0.1, 0.15) is 0 Å². The molecule has 2 rings (SSSR count). The molecule has 0 saturated heterocycles. The Labute approximate surface area is 83.5 Å². The van der Waals surface area contributed by atoms with Crippen molar-refractivity contribution in [3.63, 3.8) is 0 Å². The summed E-state index contributed by atoms with van der Waals surface area (Å²) in [4.78, 5) is 15.4. The van der Waals surface area contributed by atoms with E-state index in [1.165, 1.54) is 5.56 Å². The van der Waals surface area contributed by atoms with Gasteiger partial charge in [-0.15, -0.1) is 0 Å². The summed E-state index contributed by atoms with van der Waals surface area (Å²) >= 11 is 0. The lowest BCUT2D eigenvalue weighted by molar-refractivity contribution is -0.119. The van der Waals surface area contributed by atoms with Crippen LogP contribution in [0.5, 0.6) is 0 Å². The standard InChI is InChI=1S/C11H14N2O/c1-7-3-4-9-10(12-7)5-6-11(9)13-8(2)14/h3-4,11H,5-6H2,1-2H3,(H,13,14). The van der Waals surface area contributed by atoms with Crippen molar-refractivity contribution in [2.45, 2.75) is 32.7 Å². The number of nitrogens with one attached hydrogen (secondary N) is 1. The monoisotopic (exact) mass is 190 g/mol. The van der Waals surface area contributed by atoms with E-state index in [9.17, 15) is 4.79 Å². The number of hydrogen-bond acceptors (Lipinski definition) is 2. The van der Waals surface area contributed by atoms with Crippen LogP contribution in [0, 0.1) is 6.92 Å². The first-order valence-corrected chi connectivity index (χ1v) is 4.90. The summed E-state index contributed by atoms with van der Waals surface area (Å²) in [6, 6.07) is 4.25. The fourth-order valence-electron chi connectivity index (χ4n) is 1.97. The maximum absolute atomic E-state index is 10.9. The molecule has 0 radical (unpaired) electrons. The zero-order valence-electron chi connectivity index (χ0n) is 8.50. The Balaban J connectivity index is 2.26. The quantitative estimate of drug-likeness (QED) is 0.729. The van der Waals surface area contributed by atoms with Gasteiger partial charge < -0.3 is 5.32 Å². The van der Waals surface area contributed by atoms with Gasteiger partial charge in [-0.3, -0.25) is 9.78 Å². The molecule has 1 N–H and O–H groups in total. The maximum atomic E-state index is 10.9. The molecule has 1 atom stereocenters. The van der Waals surface area contributed by atoms with Crippen molar-refractivity contribution in [2.24, 2.45) is 0 Å². The van der Waals surface area contributed by atoms with E-state index in [2.05, 4.69) is 16.4 Å². The van der Waals surface area contributed by atoms with Crippen LogP contribution in [-0.2, 0) is 11.2 Å². The van der Waals surface area contributed by atoms with Gasteiger partial charge in [-0.1, -0.05) is 6.07 Å². The van der Waals surface area contributed by atoms with E-state index in [4.69, 9.17) is 0 Å². The van der Waals surface area contributed by atoms with Gasteiger partial charge in [0.2, 0.25) is 5.91 Å². The molecular formula is C11H14N2O. The first-order valence-electron chi connectivity index (χ1n) is 4.90. The third-order valence-corrected chi connectivity index (χ3v) is 2.57. The van der Waals surface area contributed by atoms with Gasteiger partial charge in [0, 0.05) is 18.3 Å². The molecule has 1 aliphatic rings. The molecular weight excluding hydrogens is 176 g/mol. The molecule has 1 aromatic heterocycles. The van der Waals surface area contributed by atoms with Gasteiger partial charge >= 0.3 is 0 Å². The second kappa shape index (κ2) is 3.40. The third-order valence-electron chi connectivity index (χ3n) is 2.57. The van der Waals surface area contributed by atoms with Crippen molar-refractivity contribution in [2.75, 3.05) is 0 Å². The fourth-order valence-corrected chi connectivity index (χ4v) is 1.97. The molecule has 0 saturated carbocycles. The van der Waals surface area contributed by atoms with Crippen LogP contribution >= 0.6 is 0 Å². The number of aromatic nitrogens is 1. The van der Waals surface area contributed by atoms with E-state index in [1.807, 2.05) is 13.0 Å². The Bertz CT molecular complexity index is 374.